The van der Waals surface area contributed by atoms with Gasteiger partial charge in [0.05, 0.1) is 11.5 Å². The van der Waals surface area contributed by atoms with Crippen molar-refractivity contribution >= 4 is 18.3 Å². The summed E-state index contributed by atoms with van der Waals surface area (Å²) >= 11 is 0. The summed E-state index contributed by atoms with van der Waals surface area (Å²) in [6, 6.07) is 0. The number of rotatable bonds is 2. The van der Waals surface area contributed by atoms with Crippen molar-refractivity contribution in [3.63, 3.8) is 0 Å². The van der Waals surface area contributed by atoms with Crippen molar-refractivity contribution in [3.8, 4) is 0 Å². The van der Waals surface area contributed by atoms with Crippen molar-refractivity contribution in [2.24, 2.45) is 5.92 Å². The molecule has 2 atom stereocenters. The summed E-state index contributed by atoms with van der Waals surface area (Å²) in [7, 11) is 0. The van der Waals surface area contributed by atoms with Crippen LogP contribution in [0, 0.1) is 5.92 Å². The number of carboxylic acid groups (broad SMARTS) is 1. The van der Waals surface area contributed by atoms with Crippen LogP contribution in [-0.4, -0.2) is 53.1 Å². The minimum absolute atomic E-state index is 0.243. The lowest BCUT2D eigenvalue weighted by Crippen LogP contribution is -2.56. The van der Waals surface area contributed by atoms with Crippen LogP contribution in [0.15, 0.2) is 0 Å². The Kier molecular flexibility index (Phi) is 3.54. The maximum Gasteiger partial charge on any atom is 0.471 e. The smallest absolute Gasteiger partial charge is 0.465 e. The SMILES string of the molecule is CC1(NC(=O)C(F)(F)F)CN(C(=O)O)CC1C=O. The van der Waals surface area contributed by atoms with Gasteiger partial charge >= 0.3 is 18.2 Å². The topological polar surface area (TPSA) is 86.7 Å². The maximum atomic E-state index is 12.1. The number of hydrogen-bond acceptors (Lipinski definition) is 3. The number of carbonyl (C=O) groups is 3. The third-order valence-corrected chi connectivity index (χ3v) is 2.85. The number of alkyl halides is 3. The highest BCUT2D eigenvalue weighted by atomic mass is 19.4. The van der Waals surface area contributed by atoms with E-state index < -0.39 is 29.6 Å². The predicted octanol–water partition coefficient (Wildman–Crippen LogP) is 0.232. The minimum Gasteiger partial charge on any atom is -0.465 e. The Morgan fingerprint density at radius 2 is 2.06 bits per heavy atom. The van der Waals surface area contributed by atoms with Crippen molar-refractivity contribution in [1.82, 2.24) is 10.2 Å². The normalized spacial score (nSPS) is 28.0. The molecule has 0 aliphatic carbocycles. The third-order valence-electron chi connectivity index (χ3n) is 2.85. The number of carbonyl (C=O) groups excluding carboxylic acids is 2. The molecule has 0 aromatic heterocycles. The number of aldehydes is 1. The van der Waals surface area contributed by atoms with E-state index in [1.54, 1.807) is 5.32 Å². The van der Waals surface area contributed by atoms with Crippen molar-refractivity contribution in [1.29, 1.82) is 0 Å². The van der Waals surface area contributed by atoms with Crippen molar-refractivity contribution in [3.05, 3.63) is 0 Å². The Hall–Kier alpha value is -1.80. The highest BCUT2D eigenvalue weighted by molar-refractivity contribution is 5.83. The summed E-state index contributed by atoms with van der Waals surface area (Å²) in [5.74, 6) is -3.20. The van der Waals surface area contributed by atoms with Gasteiger partial charge in [-0.1, -0.05) is 0 Å². The number of halogens is 3. The van der Waals surface area contributed by atoms with Crippen LogP contribution < -0.4 is 5.32 Å². The van der Waals surface area contributed by atoms with Crippen molar-refractivity contribution in [2.45, 2.75) is 18.6 Å². The van der Waals surface area contributed by atoms with Crippen LogP contribution in [0.1, 0.15) is 6.92 Å². The van der Waals surface area contributed by atoms with E-state index in [2.05, 4.69) is 0 Å². The molecule has 9 heteroatoms. The van der Waals surface area contributed by atoms with Gasteiger partial charge in [0.2, 0.25) is 0 Å². The van der Waals surface area contributed by atoms with Crippen molar-refractivity contribution in [2.75, 3.05) is 13.1 Å². The van der Waals surface area contributed by atoms with E-state index in [4.69, 9.17) is 5.11 Å². The molecule has 1 aliphatic rings. The molecule has 2 N–H and O–H groups in total. The summed E-state index contributed by atoms with van der Waals surface area (Å²) in [5.41, 5.74) is -1.55. The zero-order valence-electron chi connectivity index (χ0n) is 9.32. The Morgan fingerprint density at radius 3 is 2.44 bits per heavy atom. The van der Waals surface area contributed by atoms with Gasteiger partial charge in [0, 0.05) is 13.1 Å². The maximum absolute atomic E-state index is 12.1. The Balaban J connectivity index is 2.87. The fraction of sp³-hybridized carbons (Fsp3) is 0.667. The number of amides is 2. The summed E-state index contributed by atoms with van der Waals surface area (Å²) in [5, 5.41) is 10.4. The average molecular weight is 268 g/mol. The van der Waals surface area contributed by atoms with Crippen LogP contribution in [0.5, 0.6) is 0 Å². The van der Waals surface area contributed by atoms with Gasteiger partial charge in [0.15, 0.2) is 0 Å². The Labute approximate surface area is 99.7 Å². The largest absolute Gasteiger partial charge is 0.471 e. The van der Waals surface area contributed by atoms with Gasteiger partial charge in [0.1, 0.15) is 6.29 Å². The molecular formula is C9H11F3N2O4. The number of hydrogen-bond donors (Lipinski definition) is 2. The first-order chi connectivity index (χ1) is 8.10. The number of nitrogens with zero attached hydrogens (tertiary/aromatic N) is 1. The summed E-state index contributed by atoms with van der Waals surface area (Å²) in [6.07, 6.45) is -6.08. The fourth-order valence-electron chi connectivity index (χ4n) is 1.82. The zero-order chi connectivity index (χ0) is 14.1. The molecule has 1 saturated heterocycles. The monoisotopic (exact) mass is 268 g/mol. The van der Waals surface area contributed by atoms with Crippen LogP contribution >= 0.6 is 0 Å². The molecule has 2 unspecified atom stereocenters. The zero-order valence-corrected chi connectivity index (χ0v) is 9.32. The first kappa shape index (κ1) is 14.3. The fourth-order valence-corrected chi connectivity index (χ4v) is 1.82. The van der Waals surface area contributed by atoms with E-state index in [-0.39, 0.29) is 13.1 Å². The second-order valence-corrected chi connectivity index (χ2v) is 4.28. The molecule has 0 bridgehead atoms. The first-order valence-corrected chi connectivity index (χ1v) is 4.92. The number of likely N-dealkylation sites (tertiary alicyclic amines) is 1. The lowest BCUT2D eigenvalue weighted by atomic mass is 9.90. The quantitative estimate of drug-likeness (QED) is 0.702. The van der Waals surface area contributed by atoms with E-state index in [0.29, 0.717) is 6.29 Å². The molecule has 0 spiro atoms. The Bertz CT molecular complexity index is 384. The molecule has 18 heavy (non-hydrogen) atoms. The van der Waals surface area contributed by atoms with Crippen molar-refractivity contribution < 1.29 is 32.7 Å². The van der Waals surface area contributed by atoms with E-state index in [1.165, 1.54) is 6.92 Å². The van der Waals surface area contributed by atoms with E-state index in [1.807, 2.05) is 0 Å². The van der Waals surface area contributed by atoms with E-state index in [0.717, 1.165) is 4.90 Å². The average Bonchev–Trinajstić information content (AvgIpc) is 2.54. The second-order valence-electron chi connectivity index (χ2n) is 4.28. The van der Waals surface area contributed by atoms with Crippen LogP contribution in [0.2, 0.25) is 0 Å². The van der Waals surface area contributed by atoms with Gasteiger partial charge < -0.3 is 20.1 Å². The molecule has 1 rings (SSSR count). The van der Waals surface area contributed by atoms with Crippen LogP contribution in [0.3, 0.4) is 0 Å². The molecule has 1 fully saturated rings. The van der Waals surface area contributed by atoms with Gasteiger partial charge in [-0.2, -0.15) is 13.2 Å². The molecule has 1 aliphatic heterocycles. The minimum atomic E-state index is -5.08. The molecule has 0 aromatic carbocycles. The lowest BCUT2D eigenvalue weighted by molar-refractivity contribution is -0.175. The van der Waals surface area contributed by atoms with Crippen LogP contribution in [-0.2, 0) is 9.59 Å². The number of nitrogens with one attached hydrogen (secondary N) is 1. The molecule has 0 saturated carbocycles. The highest BCUT2D eigenvalue weighted by Crippen LogP contribution is 2.28. The first-order valence-electron chi connectivity index (χ1n) is 4.92. The standard InChI is InChI=1S/C9H11F3N2O4/c1-8(13-6(16)9(10,11)12)4-14(7(17)18)2-5(8)3-15/h3,5H,2,4H2,1H3,(H,13,16)(H,17,18). The van der Waals surface area contributed by atoms with Gasteiger partial charge in [-0.3, -0.25) is 4.79 Å². The van der Waals surface area contributed by atoms with Crippen LogP contribution in [0.25, 0.3) is 0 Å². The molecule has 0 radical (unpaired) electrons. The molecule has 6 nitrogen and oxygen atoms in total. The molecule has 0 aromatic rings. The lowest BCUT2D eigenvalue weighted by Gasteiger charge is -2.28. The molecular weight excluding hydrogens is 257 g/mol. The third kappa shape index (κ3) is 2.71. The summed E-state index contributed by atoms with van der Waals surface area (Å²) in [4.78, 5) is 33.1. The Morgan fingerprint density at radius 1 is 1.50 bits per heavy atom. The van der Waals surface area contributed by atoms with Gasteiger partial charge in [-0.25, -0.2) is 4.79 Å². The molecule has 102 valence electrons. The highest BCUT2D eigenvalue weighted by Gasteiger charge is 2.50. The molecule has 1 heterocycles. The summed E-state index contributed by atoms with van der Waals surface area (Å²) in [6.45, 7) is 0.597. The predicted molar refractivity (Wildman–Crippen MR) is 51.8 cm³/mol. The van der Waals surface area contributed by atoms with Gasteiger partial charge in [-0.15, -0.1) is 0 Å². The van der Waals surface area contributed by atoms with E-state index >= 15 is 0 Å². The second kappa shape index (κ2) is 4.46. The summed E-state index contributed by atoms with van der Waals surface area (Å²) < 4.78 is 36.4. The van der Waals surface area contributed by atoms with Gasteiger partial charge in [0.25, 0.3) is 0 Å². The van der Waals surface area contributed by atoms with Crippen LogP contribution in [0.4, 0.5) is 18.0 Å². The van der Waals surface area contributed by atoms with Gasteiger partial charge in [-0.05, 0) is 6.92 Å². The van der Waals surface area contributed by atoms with E-state index in [9.17, 15) is 27.6 Å². The molecule has 2 amide bonds.